The van der Waals surface area contributed by atoms with Crippen molar-refractivity contribution < 1.29 is 20.1 Å². The van der Waals surface area contributed by atoms with Crippen LogP contribution in [0.1, 0.15) is 68.3 Å². The van der Waals surface area contributed by atoms with Crippen LogP contribution in [0, 0.1) is 0 Å². The molecule has 1 rings (SSSR count). The molecule has 19 heavy (non-hydrogen) atoms. The third-order valence-corrected chi connectivity index (χ3v) is 3.21. The lowest BCUT2D eigenvalue weighted by Crippen LogP contribution is -2.02. The number of aromatic hydroxyl groups is 3. The van der Waals surface area contributed by atoms with Crippen molar-refractivity contribution >= 4 is 5.78 Å². The molecule has 1 aromatic carbocycles. The van der Waals surface area contributed by atoms with Gasteiger partial charge in [0, 0.05) is 12.0 Å². The Morgan fingerprint density at radius 1 is 1.11 bits per heavy atom. The molecule has 0 aromatic heterocycles. The van der Waals surface area contributed by atoms with Crippen LogP contribution in [0.15, 0.2) is 6.07 Å². The predicted molar refractivity (Wildman–Crippen MR) is 74.0 cm³/mol. The van der Waals surface area contributed by atoms with Crippen LogP contribution in [0.3, 0.4) is 0 Å². The highest BCUT2D eigenvalue weighted by molar-refractivity contribution is 6.00. The zero-order valence-electron chi connectivity index (χ0n) is 11.7. The van der Waals surface area contributed by atoms with Crippen molar-refractivity contribution in [2.24, 2.45) is 0 Å². The van der Waals surface area contributed by atoms with E-state index in [0.717, 1.165) is 19.3 Å². The van der Waals surface area contributed by atoms with Gasteiger partial charge in [0.05, 0.1) is 5.56 Å². The molecule has 3 N–H and O–H groups in total. The molecule has 0 heterocycles. The maximum Gasteiger partial charge on any atom is 0.201 e. The molecule has 0 atom stereocenters. The van der Waals surface area contributed by atoms with Crippen molar-refractivity contribution in [3.05, 3.63) is 17.2 Å². The molecule has 0 unspecified atom stereocenters. The maximum absolute atomic E-state index is 12.0. The maximum atomic E-state index is 12.0. The highest BCUT2D eigenvalue weighted by Gasteiger charge is 2.21. The Morgan fingerprint density at radius 2 is 1.74 bits per heavy atom. The SMILES string of the molecule is CCCCCC(=O)c1cc(C(C)C)c(O)c(O)c1O. The fourth-order valence-corrected chi connectivity index (χ4v) is 1.99. The number of unbranched alkanes of at least 4 members (excludes halogenated alkanes) is 2. The molecule has 106 valence electrons. The Bertz CT molecular complexity index is 464. The molecule has 1 aromatic rings. The van der Waals surface area contributed by atoms with Gasteiger partial charge < -0.3 is 15.3 Å². The van der Waals surface area contributed by atoms with Gasteiger partial charge in [0.2, 0.25) is 5.75 Å². The molecule has 4 nitrogen and oxygen atoms in total. The largest absolute Gasteiger partial charge is 0.504 e. The van der Waals surface area contributed by atoms with Gasteiger partial charge in [0.15, 0.2) is 17.3 Å². The third-order valence-electron chi connectivity index (χ3n) is 3.21. The van der Waals surface area contributed by atoms with Gasteiger partial charge in [-0.3, -0.25) is 4.79 Å². The van der Waals surface area contributed by atoms with Crippen LogP contribution in [0.25, 0.3) is 0 Å². The lowest BCUT2D eigenvalue weighted by atomic mass is 9.95. The second-order valence-electron chi connectivity index (χ2n) is 5.09. The Labute approximate surface area is 113 Å². The Kier molecular flexibility index (Phi) is 5.21. The minimum atomic E-state index is -0.606. The second-order valence-corrected chi connectivity index (χ2v) is 5.09. The van der Waals surface area contributed by atoms with E-state index >= 15 is 0 Å². The van der Waals surface area contributed by atoms with E-state index in [-0.39, 0.29) is 23.0 Å². The molecule has 0 radical (unpaired) electrons. The van der Waals surface area contributed by atoms with E-state index in [1.54, 1.807) is 0 Å². The third kappa shape index (κ3) is 3.40. The van der Waals surface area contributed by atoms with Crippen molar-refractivity contribution in [2.45, 2.75) is 52.4 Å². The first-order valence-electron chi connectivity index (χ1n) is 6.71. The van der Waals surface area contributed by atoms with Crippen LogP contribution in [0.5, 0.6) is 17.2 Å². The Morgan fingerprint density at radius 3 is 2.26 bits per heavy atom. The molecule has 0 fully saturated rings. The van der Waals surface area contributed by atoms with Crippen molar-refractivity contribution in [1.29, 1.82) is 0 Å². The average Bonchev–Trinajstić information content (AvgIpc) is 2.36. The molecule has 0 spiro atoms. The lowest BCUT2D eigenvalue weighted by molar-refractivity contribution is 0.0976. The summed E-state index contributed by atoms with van der Waals surface area (Å²) in [5, 5.41) is 29.2. The van der Waals surface area contributed by atoms with Crippen LogP contribution in [0.2, 0.25) is 0 Å². The van der Waals surface area contributed by atoms with Crippen molar-refractivity contribution in [3.8, 4) is 17.2 Å². The van der Waals surface area contributed by atoms with E-state index in [2.05, 4.69) is 0 Å². The fourth-order valence-electron chi connectivity index (χ4n) is 1.99. The molecule has 0 aliphatic rings. The fraction of sp³-hybridized carbons (Fsp3) is 0.533. The summed E-state index contributed by atoms with van der Waals surface area (Å²) < 4.78 is 0. The van der Waals surface area contributed by atoms with E-state index < -0.39 is 11.5 Å². The molecular formula is C15H22O4. The quantitative estimate of drug-likeness (QED) is 0.417. The number of carbonyl (C=O) groups excluding carboxylic acids is 1. The van der Waals surface area contributed by atoms with Crippen molar-refractivity contribution in [1.82, 2.24) is 0 Å². The van der Waals surface area contributed by atoms with Gasteiger partial charge in [-0.2, -0.15) is 0 Å². The van der Waals surface area contributed by atoms with Crippen molar-refractivity contribution in [3.63, 3.8) is 0 Å². The van der Waals surface area contributed by atoms with E-state index in [1.165, 1.54) is 6.07 Å². The summed E-state index contributed by atoms with van der Waals surface area (Å²) in [7, 11) is 0. The molecule has 4 heteroatoms. The summed E-state index contributed by atoms with van der Waals surface area (Å²) in [6, 6.07) is 1.48. The molecule has 0 aliphatic heterocycles. The topological polar surface area (TPSA) is 77.8 Å². The van der Waals surface area contributed by atoms with Crippen molar-refractivity contribution in [2.75, 3.05) is 0 Å². The first-order chi connectivity index (χ1) is 8.90. The number of hydrogen-bond acceptors (Lipinski definition) is 4. The number of Topliss-reactive ketones (excluding diaryl/α,β-unsaturated/α-hetero) is 1. The number of phenols is 3. The van der Waals surface area contributed by atoms with Crippen LogP contribution < -0.4 is 0 Å². The van der Waals surface area contributed by atoms with Crippen LogP contribution >= 0.6 is 0 Å². The first kappa shape index (κ1) is 15.3. The molecule has 0 aliphatic carbocycles. The lowest BCUT2D eigenvalue weighted by Gasteiger charge is -2.14. The van der Waals surface area contributed by atoms with E-state index in [4.69, 9.17) is 0 Å². The number of phenolic OH excluding ortho intramolecular Hbond substituents is 3. The van der Waals surface area contributed by atoms with Gasteiger partial charge >= 0.3 is 0 Å². The van der Waals surface area contributed by atoms with E-state index in [0.29, 0.717) is 12.0 Å². The smallest absolute Gasteiger partial charge is 0.201 e. The zero-order chi connectivity index (χ0) is 14.6. The molecular weight excluding hydrogens is 244 g/mol. The highest BCUT2D eigenvalue weighted by atomic mass is 16.3. The number of carbonyl (C=O) groups is 1. The Balaban J connectivity index is 3.10. The van der Waals surface area contributed by atoms with Gasteiger partial charge in [0.1, 0.15) is 0 Å². The standard InChI is InChI=1S/C15H22O4/c1-4-5-6-7-12(16)11-8-10(9(2)3)13(17)15(19)14(11)18/h8-9,17-19H,4-7H2,1-3H3. The summed E-state index contributed by atoms with van der Waals surface area (Å²) in [6.45, 7) is 5.74. The zero-order valence-corrected chi connectivity index (χ0v) is 11.7. The summed E-state index contributed by atoms with van der Waals surface area (Å²) in [5.41, 5.74) is 0.559. The molecule has 0 amide bonds. The number of ketones is 1. The van der Waals surface area contributed by atoms with Crippen LogP contribution in [0.4, 0.5) is 0 Å². The van der Waals surface area contributed by atoms with Gasteiger partial charge in [0.25, 0.3) is 0 Å². The van der Waals surface area contributed by atoms with Gasteiger partial charge in [-0.05, 0) is 18.4 Å². The minimum absolute atomic E-state index is 0.0475. The first-order valence-corrected chi connectivity index (χ1v) is 6.71. The minimum Gasteiger partial charge on any atom is -0.504 e. The number of hydrogen-bond donors (Lipinski definition) is 3. The number of benzene rings is 1. The van der Waals surface area contributed by atoms with Crippen LogP contribution in [-0.2, 0) is 0 Å². The number of rotatable bonds is 6. The summed E-state index contributed by atoms with van der Waals surface area (Å²) in [4.78, 5) is 12.0. The van der Waals surface area contributed by atoms with E-state index in [1.807, 2.05) is 20.8 Å². The summed E-state index contributed by atoms with van der Waals surface area (Å²) >= 11 is 0. The highest BCUT2D eigenvalue weighted by Crippen LogP contribution is 2.43. The van der Waals surface area contributed by atoms with Crippen LogP contribution in [-0.4, -0.2) is 21.1 Å². The summed E-state index contributed by atoms with van der Waals surface area (Å²) in [6.07, 6.45) is 3.06. The molecule has 0 saturated heterocycles. The monoisotopic (exact) mass is 266 g/mol. The Hall–Kier alpha value is -1.71. The molecule has 0 bridgehead atoms. The average molecular weight is 266 g/mol. The second kappa shape index (κ2) is 6.45. The van der Waals surface area contributed by atoms with Gasteiger partial charge in [-0.15, -0.1) is 0 Å². The predicted octanol–water partition coefficient (Wildman–Crippen LogP) is 3.69. The summed E-state index contributed by atoms with van der Waals surface area (Å²) in [5.74, 6) is -1.73. The van der Waals surface area contributed by atoms with Gasteiger partial charge in [-0.1, -0.05) is 33.6 Å². The van der Waals surface area contributed by atoms with Gasteiger partial charge in [-0.25, -0.2) is 0 Å². The van der Waals surface area contributed by atoms with E-state index in [9.17, 15) is 20.1 Å². The normalized spacial score (nSPS) is 10.9. The molecule has 0 saturated carbocycles.